The molecule has 3 heteroatoms. The number of methoxy groups -OCH3 is 1. The number of pyridine rings is 1. The minimum absolute atomic E-state index is 0.218. The van der Waals surface area contributed by atoms with Crippen LogP contribution in [0.1, 0.15) is 42.5 Å². The molecule has 0 aliphatic heterocycles. The van der Waals surface area contributed by atoms with Crippen molar-refractivity contribution >= 4 is 0 Å². The van der Waals surface area contributed by atoms with Crippen molar-refractivity contribution in [3.63, 3.8) is 0 Å². The fraction of sp³-hybridized carbons (Fsp3) is 0.312. The van der Waals surface area contributed by atoms with Gasteiger partial charge in [0.05, 0.1) is 13.2 Å². The first-order chi connectivity index (χ1) is 9.13. The SMILES string of the molecule is COc1ncccc1C(N)c1ccc(C(C)C)cc1. The Morgan fingerprint density at radius 1 is 1.05 bits per heavy atom. The molecule has 0 saturated heterocycles. The molecule has 0 amide bonds. The molecule has 2 rings (SSSR count). The fourth-order valence-corrected chi connectivity index (χ4v) is 2.08. The Morgan fingerprint density at radius 3 is 2.26 bits per heavy atom. The number of nitrogens with two attached hydrogens (primary N) is 1. The van der Waals surface area contributed by atoms with Gasteiger partial charge in [-0.25, -0.2) is 4.98 Å². The number of nitrogens with zero attached hydrogens (tertiary/aromatic N) is 1. The molecule has 1 unspecified atom stereocenters. The molecule has 0 saturated carbocycles. The van der Waals surface area contributed by atoms with E-state index in [0.717, 1.165) is 11.1 Å². The van der Waals surface area contributed by atoms with E-state index in [1.807, 2.05) is 12.1 Å². The van der Waals surface area contributed by atoms with Crippen molar-refractivity contribution in [1.29, 1.82) is 0 Å². The highest BCUT2D eigenvalue weighted by Gasteiger charge is 2.14. The minimum atomic E-state index is -0.218. The molecular weight excluding hydrogens is 236 g/mol. The summed E-state index contributed by atoms with van der Waals surface area (Å²) in [6, 6.07) is 12.0. The Morgan fingerprint density at radius 2 is 1.68 bits per heavy atom. The first-order valence-electron chi connectivity index (χ1n) is 6.47. The van der Waals surface area contributed by atoms with Gasteiger partial charge in [-0.1, -0.05) is 44.2 Å². The molecule has 0 fully saturated rings. The molecular formula is C16H20N2O. The van der Waals surface area contributed by atoms with Gasteiger partial charge in [0.15, 0.2) is 0 Å². The molecule has 2 aromatic rings. The molecule has 3 nitrogen and oxygen atoms in total. The maximum atomic E-state index is 6.30. The van der Waals surface area contributed by atoms with E-state index in [1.54, 1.807) is 13.3 Å². The molecule has 100 valence electrons. The maximum absolute atomic E-state index is 6.30. The second-order valence-electron chi connectivity index (χ2n) is 4.90. The zero-order valence-electron chi connectivity index (χ0n) is 11.6. The minimum Gasteiger partial charge on any atom is -0.481 e. The van der Waals surface area contributed by atoms with E-state index in [-0.39, 0.29) is 6.04 Å². The van der Waals surface area contributed by atoms with Crippen LogP contribution in [0.5, 0.6) is 5.88 Å². The van der Waals surface area contributed by atoms with Crippen molar-refractivity contribution in [2.45, 2.75) is 25.8 Å². The molecule has 0 spiro atoms. The third kappa shape index (κ3) is 2.93. The van der Waals surface area contributed by atoms with Crippen LogP contribution < -0.4 is 10.5 Å². The standard InChI is InChI=1S/C16H20N2O/c1-11(2)12-6-8-13(9-7-12)15(17)14-5-4-10-18-16(14)19-3/h4-11,15H,17H2,1-3H3. The predicted molar refractivity (Wildman–Crippen MR) is 77.4 cm³/mol. The first-order valence-corrected chi connectivity index (χ1v) is 6.47. The van der Waals surface area contributed by atoms with Gasteiger partial charge < -0.3 is 10.5 Å². The summed E-state index contributed by atoms with van der Waals surface area (Å²) in [6.07, 6.45) is 1.71. The van der Waals surface area contributed by atoms with Crippen LogP contribution in [0.15, 0.2) is 42.6 Å². The summed E-state index contributed by atoms with van der Waals surface area (Å²) >= 11 is 0. The topological polar surface area (TPSA) is 48.1 Å². The van der Waals surface area contributed by atoms with E-state index in [0.29, 0.717) is 11.8 Å². The quantitative estimate of drug-likeness (QED) is 0.913. The van der Waals surface area contributed by atoms with Gasteiger partial charge in [0.25, 0.3) is 0 Å². The number of hydrogen-bond acceptors (Lipinski definition) is 3. The first kappa shape index (κ1) is 13.6. The lowest BCUT2D eigenvalue weighted by atomic mass is 9.96. The average Bonchev–Trinajstić information content (AvgIpc) is 2.46. The van der Waals surface area contributed by atoms with Crippen molar-refractivity contribution in [1.82, 2.24) is 4.98 Å². The van der Waals surface area contributed by atoms with E-state index >= 15 is 0 Å². The molecule has 2 N–H and O–H groups in total. The Kier molecular flexibility index (Phi) is 4.17. The summed E-state index contributed by atoms with van der Waals surface area (Å²) in [7, 11) is 1.61. The number of rotatable bonds is 4. The smallest absolute Gasteiger partial charge is 0.218 e. The normalized spacial score (nSPS) is 12.5. The molecule has 0 aliphatic rings. The number of hydrogen-bond donors (Lipinski definition) is 1. The lowest BCUT2D eigenvalue weighted by Gasteiger charge is -2.16. The van der Waals surface area contributed by atoms with Gasteiger partial charge >= 0.3 is 0 Å². The largest absolute Gasteiger partial charge is 0.481 e. The monoisotopic (exact) mass is 256 g/mol. The third-order valence-electron chi connectivity index (χ3n) is 3.29. The van der Waals surface area contributed by atoms with Crippen molar-refractivity contribution < 1.29 is 4.74 Å². The molecule has 1 aromatic heterocycles. The Balaban J connectivity index is 2.30. The van der Waals surface area contributed by atoms with Gasteiger partial charge in [0.2, 0.25) is 5.88 Å². The van der Waals surface area contributed by atoms with Gasteiger partial charge in [-0.3, -0.25) is 0 Å². The van der Waals surface area contributed by atoms with Crippen LogP contribution in [0.3, 0.4) is 0 Å². The molecule has 0 aliphatic carbocycles. The predicted octanol–water partition coefficient (Wildman–Crippen LogP) is 3.26. The highest BCUT2D eigenvalue weighted by atomic mass is 16.5. The van der Waals surface area contributed by atoms with Crippen molar-refractivity contribution in [2.24, 2.45) is 5.73 Å². The Bertz CT molecular complexity index is 535. The average molecular weight is 256 g/mol. The molecule has 1 atom stereocenters. The van der Waals surface area contributed by atoms with Crippen LogP contribution >= 0.6 is 0 Å². The van der Waals surface area contributed by atoms with Crippen LogP contribution in [-0.4, -0.2) is 12.1 Å². The zero-order chi connectivity index (χ0) is 13.8. The number of benzene rings is 1. The van der Waals surface area contributed by atoms with Crippen LogP contribution in [0.2, 0.25) is 0 Å². The van der Waals surface area contributed by atoms with E-state index in [9.17, 15) is 0 Å². The Hall–Kier alpha value is -1.87. The van der Waals surface area contributed by atoms with E-state index in [4.69, 9.17) is 10.5 Å². The maximum Gasteiger partial charge on any atom is 0.218 e. The molecule has 0 radical (unpaired) electrons. The van der Waals surface area contributed by atoms with Crippen LogP contribution in [0, 0.1) is 0 Å². The van der Waals surface area contributed by atoms with Gasteiger partial charge in [-0.15, -0.1) is 0 Å². The highest BCUT2D eigenvalue weighted by molar-refractivity contribution is 5.38. The fourth-order valence-electron chi connectivity index (χ4n) is 2.08. The zero-order valence-corrected chi connectivity index (χ0v) is 11.6. The van der Waals surface area contributed by atoms with Crippen molar-refractivity contribution in [3.05, 3.63) is 59.3 Å². The summed E-state index contributed by atoms with van der Waals surface area (Å²) in [5.74, 6) is 1.11. The third-order valence-corrected chi connectivity index (χ3v) is 3.29. The van der Waals surface area contributed by atoms with E-state index in [2.05, 4.69) is 43.1 Å². The number of ether oxygens (including phenoxy) is 1. The summed E-state index contributed by atoms with van der Waals surface area (Å²) in [5, 5.41) is 0. The van der Waals surface area contributed by atoms with Gasteiger partial charge in [-0.05, 0) is 23.1 Å². The molecule has 1 heterocycles. The summed E-state index contributed by atoms with van der Waals surface area (Å²) in [5.41, 5.74) is 9.58. The summed E-state index contributed by atoms with van der Waals surface area (Å²) in [4.78, 5) is 4.19. The van der Waals surface area contributed by atoms with Gasteiger partial charge in [-0.2, -0.15) is 0 Å². The van der Waals surface area contributed by atoms with E-state index in [1.165, 1.54) is 5.56 Å². The lowest BCUT2D eigenvalue weighted by molar-refractivity contribution is 0.390. The summed E-state index contributed by atoms with van der Waals surface area (Å²) < 4.78 is 5.26. The van der Waals surface area contributed by atoms with Crippen molar-refractivity contribution in [2.75, 3.05) is 7.11 Å². The second-order valence-corrected chi connectivity index (χ2v) is 4.90. The number of aromatic nitrogens is 1. The van der Waals surface area contributed by atoms with Gasteiger partial charge in [0, 0.05) is 11.8 Å². The highest BCUT2D eigenvalue weighted by Crippen LogP contribution is 2.27. The van der Waals surface area contributed by atoms with Crippen LogP contribution in [0.25, 0.3) is 0 Å². The lowest BCUT2D eigenvalue weighted by Crippen LogP contribution is -2.13. The molecule has 0 bridgehead atoms. The molecule has 1 aromatic carbocycles. The Labute approximate surface area is 114 Å². The van der Waals surface area contributed by atoms with E-state index < -0.39 is 0 Å². The summed E-state index contributed by atoms with van der Waals surface area (Å²) in [6.45, 7) is 4.36. The van der Waals surface area contributed by atoms with Gasteiger partial charge in [0.1, 0.15) is 0 Å². The van der Waals surface area contributed by atoms with Crippen LogP contribution in [0.4, 0.5) is 0 Å². The molecule has 19 heavy (non-hydrogen) atoms. The second kappa shape index (κ2) is 5.85. The van der Waals surface area contributed by atoms with Crippen molar-refractivity contribution in [3.8, 4) is 5.88 Å². The van der Waals surface area contributed by atoms with Crippen LogP contribution in [-0.2, 0) is 0 Å².